The van der Waals surface area contributed by atoms with Gasteiger partial charge in [0, 0.05) is 18.9 Å². The first-order valence-corrected chi connectivity index (χ1v) is 5.98. The zero-order valence-corrected chi connectivity index (χ0v) is 8.15. The van der Waals surface area contributed by atoms with Gasteiger partial charge < -0.3 is 4.90 Å². The summed E-state index contributed by atoms with van der Waals surface area (Å²) in [6.07, 6.45) is 2.26. The summed E-state index contributed by atoms with van der Waals surface area (Å²) >= 11 is 0. The van der Waals surface area contributed by atoms with Crippen LogP contribution in [0.15, 0.2) is 0 Å². The van der Waals surface area contributed by atoms with E-state index in [-0.39, 0.29) is 0 Å². The summed E-state index contributed by atoms with van der Waals surface area (Å²) in [6.45, 7) is 2.59. The molecule has 0 amide bonds. The normalized spacial score (nSPS) is 30.8. The first-order valence-electron chi connectivity index (χ1n) is 4.08. The zero-order valence-electron chi connectivity index (χ0n) is 7.34. The molecule has 1 aliphatic heterocycles. The van der Waals surface area contributed by atoms with Crippen LogP contribution in [0, 0.1) is 13.0 Å². The lowest BCUT2D eigenvalue weighted by molar-refractivity contribution is -0.841. The van der Waals surface area contributed by atoms with Crippen molar-refractivity contribution < 1.29 is 13.3 Å². The van der Waals surface area contributed by atoms with E-state index < -0.39 is 10.0 Å². The molecule has 4 nitrogen and oxygen atoms in total. The fraction of sp³-hybridized carbons (Fsp3) is 0.857. The first-order chi connectivity index (χ1) is 5.47. The van der Waals surface area contributed by atoms with Gasteiger partial charge in [-0.25, -0.2) is 13.1 Å². The van der Waals surface area contributed by atoms with Crippen molar-refractivity contribution in [1.29, 1.82) is 0 Å². The highest BCUT2D eigenvalue weighted by Gasteiger charge is 2.20. The lowest BCUT2D eigenvalue weighted by atomic mass is 10.1. The van der Waals surface area contributed by atoms with E-state index in [0.29, 0.717) is 12.5 Å². The summed E-state index contributed by atoms with van der Waals surface area (Å²) in [7, 11) is 0.863. The molecule has 0 spiro atoms. The van der Waals surface area contributed by atoms with Gasteiger partial charge in [-0.2, -0.15) is 7.05 Å². The largest absolute Gasteiger partial charge is 0.468 e. The zero-order chi connectivity index (χ0) is 9.19. The minimum absolute atomic E-state index is 0.465. The molecule has 5 heteroatoms. The molecule has 12 heavy (non-hydrogen) atoms. The van der Waals surface area contributed by atoms with Crippen LogP contribution in [-0.2, 0) is 10.0 Å². The number of nitrogens with one attached hydrogen (secondary N) is 2. The van der Waals surface area contributed by atoms with Gasteiger partial charge in [0.2, 0.25) is 10.0 Å². The quantitative estimate of drug-likeness (QED) is 0.520. The highest BCUT2D eigenvalue weighted by molar-refractivity contribution is 7.88. The van der Waals surface area contributed by atoms with E-state index in [2.05, 4.69) is 11.8 Å². The maximum absolute atomic E-state index is 10.7. The Kier molecular flexibility index (Phi) is 3.09. The number of hydrogen-bond donors (Lipinski definition) is 2. The van der Waals surface area contributed by atoms with Crippen molar-refractivity contribution >= 4 is 10.0 Å². The molecule has 0 aromatic carbocycles. The maximum Gasteiger partial charge on any atom is 0.208 e. The standard InChI is InChI=1S/C7H16N2O2S/c1-9-4-3-7(6-9)5-8-12(2,10)11/h7-9H,1,3-6H2,2H3/t7-/m1/s1. The van der Waals surface area contributed by atoms with E-state index >= 15 is 0 Å². The summed E-state index contributed by atoms with van der Waals surface area (Å²) in [4.78, 5) is 1.25. The van der Waals surface area contributed by atoms with Crippen LogP contribution in [0.2, 0.25) is 0 Å². The van der Waals surface area contributed by atoms with Crippen LogP contribution >= 0.6 is 0 Å². The van der Waals surface area contributed by atoms with E-state index in [1.807, 2.05) is 0 Å². The number of likely N-dealkylation sites (tertiary alicyclic amines) is 1. The molecule has 1 heterocycles. The molecule has 2 N–H and O–H groups in total. The van der Waals surface area contributed by atoms with Crippen molar-refractivity contribution in [3.8, 4) is 0 Å². The van der Waals surface area contributed by atoms with Crippen LogP contribution in [0.3, 0.4) is 0 Å². The Labute approximate surface area is 74.0 Å². The Morgan fingerprint density at radius 3 is 2.75 bits per heavy atom. The van der Waals surface area contributed by atoms with Crippen LogP contribution in [0.4, 0.5) is 0 Å². The summed E-state index contributed by atoms with van der Waals surface area (Å²) in [5.41, 5.74) is 0. The molecule has 1 rings (SSSR count). The van der Waals surface area contributed by atoms with Gasteiger partial charge in [-0.05, 0) is 0 Å². The van der Waals surface area contributed by atoms with Crippen LogP contribution < -0.4 is 9.62 Å². The molecular weight excluding hydrogens is 176 g/mol. The molecule has 1 unspecified atom stereocenters. The average molecular weight is 192 g/mol. The fourth-order valence-corrected chi connectivity index (χ4v) is 2.00. The first kappa shape index (κ1) is 9.95. The van der Waals surface area contributed by atoms with Crippen molar-refractivity contribution in [1.82, 2.24) is 4.72 Å². The molecule has 72 valence electrons. The Balaban J connectivity index is 2.25. The SMILES string of the molecule is [CH2-][NH+]1CC[C@H](CNS(C)(=O)=O)C1. The lowest BCUT2D eigenvalue weighted by Gasteiger charge is -2.12. The molecule has 0 aliphatic carbocycles. The molecular formula is C7H16N2O2S. The van der Waals surface area contributed by atoms with Gasteiger partial charge in [-0.3, -0.25) is 0 Å². The third-order valence-electron chi connectivity index (χ3n) is 2.12. The van der Waals surface area contributed by atoms with Crippen molar-refractivity contribution in [2.75, 3.05) is 25.9 Å². The van der Waals surface area contributed by atoms with Crippen LogP contribution in [-0.4, -0.2) is 34.3 Å². The summed E-state index contributed by atoms with van der Waals surface area (Å²) in [5.74, 6) is 0.465. The van der Waals surface area contributed by atoms with Gasteiger partial charge >= 0.3 is 0 Å². The maximum atomic E-state index is 10.7. The predicted molar refractivity (Wildman–Crippen MR) is 47.0 cm³/mol. The van der Waals surface area contributed by atoms with Gasteiger partial charge in [0.05, 0.1) is 19.3 Å². The van der Waals surface area contributed by atoms with E-state index in [9.17, 15) is 8.42 Å². The van der Waals surface area contributed by atoms with Crippen molar-refractivity contribution in [3.05, 3.63) is 7.05 Å². The van der Waals surface area contributed by atoms with Crippen LogP contribution in [0.25, 0.3) is 0 Å². The van der Waals surface area contributed by atoms with E-state index in [4.69, 9.17) is 0 Å². The highest BCUT2D eigenvalue weighted by atomic mass is 32.2. The number of rotatable bonds is 3. The van der Waals surface area contributed by atoms with E-state index in [0.717, 1.165) is 19.5 Å². The van der Waals surface area contributed by atoms with Gasteiger partial charge in [0.1, 0.15) is 0 Å². The predicted octanol–water partition coefficient (Wildman–Crippen LogP) is -1.77. The minimum atomic E-state index is -3.01. The van der Waals surface area contributed by atoms with E-state index in [1.165, 1.54) is 11.2 Å². The summed E-state index contributed by atoms with van der Waals surface area (Å²) < 4.78 is 24.0. The second kappa shape index (κ2) is 3.72. The Morgan fingerprint density at radius 2 is 2.33 bits per heavy atom. The topological polar surface area (TPSA) is 50.6 Å². The highest BCUT2D eigenvalue weighted by Crippen LogP contribution is 2.01. The van der Waals surface area contributed by atoms with Gasteiger partial charge in [-0.1, -0.05) is 0 Å². The van der Waals surface area contributed by atoms with E-state index in [1.54, 1.807) is 0 Å². The molecule has 0 aromatic rings. The Morgan fingerprint density at radius 1 is 1.67 bits per heavy atom. The second-order valence-electron chi connectivity index (χ2n) is 3.48. The molecule has 1 fully saturated rings. The van der Waals surface area contributed by atoms with Crippen molar-refractivity contribution in [3.63, 3.8) is 0 Å². The van der Waals surface area contributed by atoms with Gasteiger partial charge in [0.15, 0.2) is 0 Å². The molecule has 0 radical (unpaired) electrons. The molecule has 0 aromatic heterocycles. The molecule has 1 saturated heterocycles. The second-order valence-corrected chi connectivity index (χ2v) is 5.31. The number of quaternary nitrogens is 1. The average Bonchev–Trinajstić information content (AvgIpc) is 2.30. The van der Waals surface area contributed by atoms with Crippen molar-refractivity contribution in [2.45, 2.75) is 6.42 Å². The Hall–Kier alpha value is -0.130. The molecule has 1 aliphatic rings. The van der Waals surface area contributed by atoms with Crippen LogP contribution in [0.5, 0.6) is 0 Å². The third-order valence-corrected chi connectivity index (χ3v) is 2.81. The monoisotopic (exact) mass is 192 g/mol. The lowest BCUT2D eigenvalue weighted by Crippen LogP contribution is -3.04. The van der Waals surface area contributed by atoms with Gasteiger partial charge in [0.25, 0.3) is 0 Å². The van der Waals surface area contributed by atoms with Crippen molar-refractivity contribution in [2.24, 2.45) is 5.92 Å². The number of hydrogen-bond acceptors (Lipinski definition) is 2. The summed E-state index contributed by atoms with van der Waals surface area (Å²) in [6, 6.07) is 0. The fourth-order valence-electron chi connectivity index (χ4n) is 1.46. The van der Waals surface area contributed by atoms with Crippen LogP contribution in [0.1, 0.15) is 6.42 Å². The minimum Gasteiger partial charge on any atom is -0.468 e. The number of sulfonamides is 1. The van der Waals surface area contributed by atoms with Gasteiger partial charge in [-0.15, -0.1) is 0 Å². The third kappa shape index (κ3) is 3.51. The summed E-state index contributed by atoms with van der Waals surface area (Å²) in [5, 5.41) is 0. The molecule has 2 atom stereocenters. The molecule has 0 bridgehead atoms. The Bertz CT molecular complexity index is 238. The smallest absolute Gasteiger partial charge is 0.208 e. The molecule has 0 saturated carbocycles.